The van der Waals surface area contributed by atoms with Crippen molar-refractivity contribution in [3.05, 3.63) is 0 Å². The van der Waals surface area contributed by atoms with Crippen LogP contribution in [0.2, 0.25) is 0 Å². The fraction of sp³-hybridized carbons (Fsp3) is 0.900. The van der Waals surface area contributed by atoms with Crippen molar-refractivity contribution in [2.24, 2.45) is 5.92 Å². The Hall–Kier alpha value is -0.570. The van der Waals surface area contributed by atoms with E-state index in [1.165, 1.54) is 26.4 Å². The summed E-state index contributed by atoms with van der Waals surface area (Å²) in [4.78, 5) is 13.1. The predicted octanol–water partition coefficient (Wildman–Crippen LogP) is 1.28. The van der Waals surface area contributed by atoms with Crippen LogP contribution in [0, 0.1) is 5.92 Å². The number of carbonyl (C=O) groups is 1. The summed E-state index contributed by atoms with van der Waals surface area (Å²) in [6.45, 7) is 4.49. The summed E-state index contributed by atoms with van der Waals surface area (Å²) in [5.41, 5.74) is 0. The van der Waals surface area contributed by atoms with Gasteiger partial charge in [0.25, 0.3) is 0 Å². The molecule has 0 atom stereocenters. The number of rotatable bonds is 6. The summed E-state index contributed by atoms with van der Waals surface area (Å²) in [5, 5.41) is 0. The molecule has 0 spiro atoms. The molecule has 0 aromatic rings. The summed E-state index contributed by atoms with van der Waals surface area (Å²) in [5.74, 6) is 0.810. The molecule has 0 aliphatic heterocycles. The SMILES string of the molecule is CCN(CCC1CC1)CC(=O)OC. The predicted molar refractivity (Wildman–Crippen MR) is 51.5 cm³/mol. The fourth-order valence-electron chi connectivity index (χ4n) is 1.37. The lowest BCUT2D eigenvalue weighted by Crippen LogP contribution is -2.31. The first-order valence-electron chi connectivity index (χ1n) is 5.05. The van der Waals surface area contributed by atoms with Gasteiger partial charge in [0.2, 0.25) is 0 Å². The van der Waals surface area contributed by atoms with Gasteiger partial charge in [-0.05, 0) is 25.4 Å². The molecule has 0 unspecified atom stereocenters. The van der Waals surface area contributed by atoms with Crippen LogP contribution < -0.4 is 0 Å². The van der Waals surface area contributed by atoms with E-state index in [9.17, 15) is 4.79 Å². The third-order valence-electron chi connectivity index (χ3n) is 2.58. The van der Waals surface area contributed by atoms with Gasteiger partial charge in [-0.1, -0.05) is 19.8 Å². The van der Waals surface area contributed by atoms with Crippen molar-refractivity contribution < 1.29 is 9.53 Å². The summed E-state index contributed by atoms with van der Waals surface area (Å²) in [6.07, 6.45) is 4.01. The van der Waals surface area contributed by atoms with Gasteiger partial charge >= 0.3 is 5.97 Å². The van der Waals surface area contributed by atoms with E-state index >= 15 is 0 Å². The molecule has 13 heavy (non-hydrogen) atoms. The zero-order valence-corrected chi connectivity index (χ0v) is 8.58. The van der Waals surface area contributed by atoms with Gasteiger partial charge in [0.1, 0.15) is 0 Å². The van der Waals surface area contributed by atoms with Crippen molar-refractivity contribution in [3.8, 4) is 0 Å². The highest BCUT2D eigenvalue weighted by molar-refractivity contribution is 5.71. The maximum atomic E-state index is 11.0. The summed E-state index contributed by atoms with van der Waals surface area (Å²) >= 11 is 0. The highest BCUT2D eigenvalue weighted by Gasteiger charge is 2.21. The molecule has 1 saturated carbocycles. The zero-order valence-electron chi connectivity index (χ0n) is 8.58. The third-order valence-corrected chi connectivity index (χ3v) is 2.58. The molecule has 3 heteroatoms. The van der Waals surface area contributed by atoms with E-state index in [1.54, 1.807) is 0 Å². The Labute approximate surface area is 80.1 Å². The Bertz CT molecular complexity index is 166. The molecule has 0 aromatic heterocycles. The van der Waals surface area contributed by atoms with Crippen molar-refractivity contribution in [2.45, 2.75) is 26.2 Å². The maximum absolute atomic E-state index is 11.0. The molecule has 1 aliphatic rings. The molecule has 1 aliphatic carbocycles. The Kier molecular flexibility index (Phi) is 4.22. The van der Waals surface area contributed by atoms with Gasteiger partial charge < -0.3 is 4.74 Å². The Balaban J connectivity index is 2.12. The van der Waals surface area contributed by atoms with Gasteiger partial charge in [0, 0.05) is 0 Å². The lowest BCUT2D eigenvalue weighted by atomic mass is 10.3. The first-order valence-corrected chi connectivity index (χ1v) is 5.05. The quantitative estimate of drug-likeness (QED) is 0.584. The van der Waals surface area contributed by atoms with Gasteiger partial charge in [0.15, 0.2) is 0 Å². The fourth-order valence-corrected chi connectivity index (χ4v) is 1.37. The molecule has 0 heterocycles. The van der Waals surface area contributed by atoms with Crippen LogP contribution in [0.25, 0.3) is 0 Å². The van der Waals surface area contributed by atoms with Crippen molar-refractivity contribution in [1.82, 2.24) is 4.90 Å². The van der Waals surface area contributed by atoms with E-state index in [0.29, 0.717) is 6.54 Å². The molecule has 0 aromatic carbocycles. The van der Waals surface area contributed by atoms with E-state index in [1.807, 2.05) is 0 Å². The van der Waals surface area contributed by atoms with Gasteiger partial charge in [-0.3, -0.25) is 9.69 Å². The van der Waals surface area contributed by atoms with Crippen molar-refractivity contribution >= 4 is 5.97 Å². The van der Waals surface area contributed by atoms with E-state index < -0.39 is 0 Å². The molecule has 0 bridgehead atoms. The van der Waals surface area contributed by atoms with Gasteiger partial charge in [0.05, 0.1) is 13.7 Å². The minimum atomic E-state index is -0.127. The summed E-state index contributed by atoms with van der Waals surface area (Å²) in [6, 6.07) is 0. The van der Waals surface area contributed by atoms with E-state index in [2.05, 4.69) is 16.6 Å². The number of ether oxygens (including phenoxy) is 1. The number of hydrogen-bond donors (Lipinski definition) is 0. The molecule has 76 valence electrons. The first kappa shape index (κ1) is 10.5. The second-order valence-electron chi connectivity index (χ2n) is 3.68. The standard InChI is InChI=1S/C10H19NO2/c1-3-11(8-10(12)13-2)7-6-9-4-5-9/h9H,3-8H2,1-2H3. The van der Waals surface area contributed by atoms with Crippen molar-refractivity contribution in [2.75, 3.05) is 26.7 Å². The average Bonchev–Trinajstić information content (AvgIpc) is 2.95. The van der Waals surface area contributed by atoms with Gasteiger partial charge in [-0.2, -0.15) is 0 Å². The topological polar surface area (TPSA) is 29.5 Å². The Morgan fingerprint density at radius 3 is 2.69 bits per heavy atom. The normalized spacial score (nSPS) is 16.2. The monoisotopic (exact) mass is 185 g/mol. The largest absolute Gasteiger partial charge is 0.468 e. The van der Waals surface area contributed by atoms with Crippen molar-refractivity contribution in [1.29, 1.82) is 0 Å². The Morgan fingerprint density at radius 2 is 2.23 bits per heavy atom. The van der Waals surface area contributed by atoms with Crippen molar-refractivity contribution in [3.63, 3.8) is 0 Å². The second kappa shape index (κ2) is 5.22. The number of likely N-dealkylation sites (N-methyl/N-ethyl adjacent to an activating group) is 1. The maximum Gasteiger partial charge on any atom is 0.319 e. The zero-order chi connectivity index (χ0) is 9.68. The van der Waals surface area contributed by atoms with E-state index in [-0.39, 0.29) is 5.97 Å². The lowest BCUT2D eigenvalue weighted by Gasteiger charge is -2.18. The first-order chi connectivity index (χ1) is 6.26. The number of hydrogen-bond acceptors (Lipinski definition) is 3. The smallest absolute Gasteiger partial charge is 0.319 e. The lowest BCUT2D eigenvalue weighted by molar-refractivity contribution is -0.141. The number of carbonyl (C=O) groups excluding carboxylic acids is 1. The Morgan fingerprint density at radius 1 is 1.54 bits per heavy atom. The molecule has 3 nitrogen and oxygen atoms in total. The van der Waals surface area contributed by atoms with Crippen LogP contribution in [-0.4, -0.2) is 37.6 Å². The molecule has 0 N–H and O–H groups in total. The van der Waals surface area contributed by atoms with Crippen LogP contribution in [0.3, 0.4) is 0 Å². The minimum absolute atomic E-state index is 0.127. The summed E-state index contributed by atoms with van der Waals surface area (Å²) in [7, 11) is 1.44. The highest BCUT2D eigenvalue weighted by Crippen LogP contribution is 2.32. The molecule has 1 fully saturated rings. The molecular weight excluding hydrogens is 166 g/mol. The number of methoxy groups -OCH3 is 1. The molecule has 1 rings (SSSR count). The molecular formula is C10H19NO2. The molecule has 0 saturated heterocycles. The van der Waals surface area contributed by atoms with E-state index in [0.717, 1.165) is 19.0 Å². The average molecular weight is 185 g/mol. The highest BCUT2D eigenvalue weighted by atomic mass is 16.5. The summed E-state index contributed by atoms with van der Waals surface area (Å²) < 4.78 is 4.62. The molecule has 0 amide bonds. The van der Waals surface area contributed by atoms with E-state index in [4.69, 9.17) is 0 Å². The van der Waals surface area contributed by atoms with Crippen LogP contribution >= 0.6 is 0 Å². The van der Waals surface area contributed by atoms with Crippen LogP contribution in [0.5, 0.6) is 0 Å². The third kappa shape index (κ3) is 4.27. The van der Waals surface area contributed by atoms with Crippen LogP contribution in [0.1, 0.15) is 26.2 Å². The van der Waals surface area contributed by atoms with Crippen LogP contribution in [0.15, 0.2) is 0 Å². The molecule has 0 radical (unpaired) electrons. The second-order valence-corrected chi connectivity index (χ2v) is 3.68. The van der Waals surface area contributed by atoms with Crippen LogP contribution in [0.4, 0.5) is 0 Å². The van der Waals surface area contributed by atoms with Gasteiger partial charge in [-0.15, -0.1) is 0 Å². The number of nitrogens with zero attached hydrogens (tertiary/aromatic N) is 1. The minimum Gasteiger partial charge on any atom is -0.468 e. The van der Waals surface area contributed by atoms with Crippen LogP contribution in [-0.2, 0) is 9.53 Å². The number of esters is 1. The van der Waals surface area contributed by atoms with Gasteiger partial charge in [-0.25, -0.2) is 0 Å².